The minimum absolute atomic E-state index is 0.0867. The Morgan fingerprint density at radius 2 is 1.68 bits per heavy atom. The maximum Gasteiger partial charge on any atom is 0.417 e. The lowest BCUT2D eigenvalue weighted by atomic mass is 9.95. The summed E-state index contributed by atoms with van der Waals surface area (Å²) in [5.41, 5.74) is 8.01. The third-order valence-corrected chi connectivity index (χ3v) is 10.2. The molecule has 1 aliphatic heterocycles. The van der Waals surface area contributed by atoms with Gasteiger partial charge in [-0.1, -0.05) is 95.6 Å². The van der Waals surface area contributed by atoms with Gasteiger partial charge < -0.3 is 25.0 Å². The van der Waals surface area contributed by atoms with Crippen LogP contribution in [0.15, 0.2) is 66.7 Å². The van der Waals surface area contributed by atoms with E-state index in [1.165, 1.54) is 7.11 Å². The first kappa shape index (κ1) is 43.7. The number of imide groups is 1. The fourth-order valence-corrected chi connectivity index (χ4v) is 6.86. The molecule has 3 N–H and O–H groups in total. The Balaban J connectivity index is 1.62. The summed E-state index contributed by atoms with van der Waals surface area (Å²) in [5, 5.41) is 16.8. The molecule has 2 heterocycles. The van der Waals surface area contributed by atoms with Crippen molar-refractivity contribution in [1.29, 1.82) is 0 Å². The lowest BCUT2D eigenvalue weighted by Crippen LogP contribution is -2.59. The van der Waals surface area contributed by atoms with Gasteiger partial charge in [-0.2, -0.15) is 0 Å². The molecule has 4 atom stereocenters. The summed E-state index contributed by atoms with van der Waals surface area (Å²) in [5.74, 6) is -0.548. The van der Waals surface area contributed by atoms with Crippen LogP contribution in [-0.2, 0) is 29.0 Å². The van der Waals surface area contributed by atoms with Crippen molar-refractivity contribution in [3.63, 3.8) is 0 Å². The molecule has 4 rings (SSSR count). The second-order valence-electron chi connectivity index (χ2n) is 16.2. The number of benzene rings is 2. The van der Waals surface area contributed by atoms with Gasteiger partial charge in [0, 0.05) is 38.4 Å². The fourth-order valence-electron chi connectivity index (χ4n) is 6.86. The van der Waals surface area contributed by atoms with E-state index in [9.17, 15) is 24.3 Å². The highest BCUT2D eigenvalue weighted by atomic mass is 16.5. The number of nitrogens with one attached hydrogen (secondary N) is 2. The quantitative estimate of drug-likeness (QED) is 0.151. The maximum absolute atomic E-state index is 14.5. The van der Waals surface area contributed by atoms with Crippen LogP contribution in [0.5, 0.6) is 0 Å². The molecule has 1 aliphatic rings. The number of carbonyl (C=O) groups is 4. The van der Waals surface area contributed by atoms with E-state index in [4.69, 9.17) is 4.74 Å². The van der Waals surface area contributed by atoms with Crippen LogP contribution in [0.4, 0.5) is 14.4 Å². The molecule has 1 aromatic heterocycles. The van der Waals surface area contributed by atoms with Gasteiger partial charge in [-0.15, -0.1) is 0 Å². The molecule has 3 aromatic rings. The molecular weight excluding hydrogens is 711 g/mol. The number of hydrogen-bond donors (Lipinski definition) is 3. The first-order chi connectivity index (χ1) is 26.5. The van der Waals surface area contributed by atoms with Crippen LogP contribution in [-0.4, -0.2) is 105 Å². The summed E-state index contributed by atoms with van der Waals surface area (Å²) in [6, 6.07) is 18.7. The lowest BCUT2D eigenvalue weighted by molar-refractivity contribution is -0.128. The van der Waals surface area contributed by atoms with Gasteiger partial charge in [0.25, 0.3) is 0 Å². The molecule has 0 bridgehead atoms. The Labute approximate surface area is 332 Å². The molecule has 56 heavy (non-hydrogen) atoms. The van der Waals surface area contributed by atoms with Gasteiger partial charge in [-0.25, -0.2) is 24.3 Å². The first-order valence-electron chi connectivity index (χ1n) is 19.5. The van der Waals surface area contributed by atoms with Gasteiger partial charge in [-0.3, -0.25) is 15.2 Å². The number of hydrogen-bond acceptors (Lipinski definition) is 8. The van der Waals surface area contributed by atoms with E-state index in [1.807, 2.05) is 122 Å². The number of pyridine rings is 1. The number of aromatic nitrogens is 1. The van der Waals surface area contributed by atoms with Crippen LogP contribution < -0.4 is 10.7 Å². The summed E-state index contributed by atoms with van der Waals surface area (Å²) in [7, 11) is 1.22. The SMILES string of the molecule is CCC(C)C(C(=O)NC(Cc1ccccc1)C(O)CN(Cc1ccc(C)c(C)c1)NC(=O)N(CC(C)(C)C)C(=O)OC)N1CCN(Cc2cccc(C)n2)C1=O. The molecule has 1 saturated heterocycles. The van der Waals surface area contributed by atoms with Gasteiger partial charge in [0.1, 0.15) is 6.04 Å². The number of ether oxygens (including phenoxy) is 1. The van der Waals surface area contributed by atoms with Crippen molar-refractivity contribution in [2.75, 3.05) is 33.3 Å². The topological polar surface area (TPSA) is 148 Å². The molecule has 1 fully saturated rings. The van der Waals surface area contributed by atoms with Gasteiger partial charge in [-0.05, 0) is 72.9 Å². The zero-order valence-corrected chi connectivity index (χ0v) is 34.5. The van der Waals surface area contributed by atoms with E-state index >= 15 is 0 Å². The number of carbonyl (C=O) groups excluding carboxylic acids is 4. The van der Waals surface area contributed by atoms with Crippen LogP contribution in [0.25, 0.3) is 0 Å². The molecule has 2 aromatic carbocycles. The van der Waals surface area contributed by atoms with Gasteiger partial charge in [0.15, 0.2) is 0 Å². The highest BCUT2D eigenvalue weighted by molar-refractivity contribution is 5.90. The summed E-state index contributed by atoms with van der Waals surface area (Å²) in [6.45, 7) is 16.9. The second-order valence-corrected chi connectivity index (χ2v) is 16.2. The van der Waals surface area contributed by atoms with Crippen LogP contribution in [0.3, 0.4) is 0 Å². The Morgan fingerprint density at radius 1 is 0.964 bits per heavy atom. The number of nitrogens with zero attached hydrogens (tertiary/aromatic N) is 5. The van der Waals surface area contributed by atoms with E-state index in [1.54, 1.807) is 14.8 Å². The smallest absolute Gasteiger partial charge is 0.417 e. The molecule has 13 nitrogen and oxygen atoms in total. The number of aryl methyl sites for hydroxylation is 3. The summed E-state index contributed by atoms with van der Waals surface area (Å²) >= 11 is 0. The molecule has 6 amide bonds. The Morgan fingerprint density at radius 3 is 2.30 bits per heavy atom. The highest BCUT2D eigenvalue weighted by Gasteiger charge is 2.41. The summed E-state index contributed by atoms with van der Waals surface area (Å²) in [6.07, 6.45) is -1.08. The number of aliphatic hydroxyl groups is 1. The first-order valence-corrected chi connectivity index (χ1v) is 19.5. The second kappa shape index (κ2) is 19.7. The molecule has 0 saturated carbocycles. The standard InChI is InChI=1S/C43H61N7O6/c1-10-29(2)38(49-22-21-47(41(49)54)26-35-18-14-15-32(5)44-35)39(52)45-36(24-33-16-12-11-13-17-33)37(51)27-48(25-34-20-19-30(3)31(4)23-34)46-40(53)50(42(55)56-9)28-43(6,7)8/h11-20,23,29,36-38,51H,10,21-22,24-28H2,1-9H3,(H,45,52)(H,46,53). The third kappa shape index (κ3) is 12.2. The average Bonchev–Trinajstić information content (AvgIpc) is 3.49. The zero-order chi connectivity index (χ0) is 41.2. The Hall–Kier alpha value is -5.01. The molecule has 0 spiro atoms. The lowest BCUT2D eigenvalue weighted by Gasteiger charge is -2.35. The van der Waals surface area contributed by atoms with Crippen molar-refractivity contribution < 1.29 is 29.0 Å². The number of aliphatic hydroxyl groups excluding tert-OH is 1. The van der Waals surface area contributed by atoms with Crippen LogP contribution in [0.1, 0.15) is 74.7 Å². The summed E-state index contributed by atoms with van der Waals surface area (Å²) < 4.78 is 4.96. The van der Waals surface area contributed by atoms with Crippen molar-refractivity contribution in [1.82, 2.24) is 35.4 Å². The van der Waals surface area contributed by atoms with Gasteiger partial charge >= 0.3 is 18.2 Å². The van der Waals surface area contributed by atoms with E-state index in [2.05, 4.69) is 15.7 Å². The highest BCUT2D eigenvalue weighted by Crippen LogP contribution is 2.23. The summed E-state index contributed by atoms with van der Waals surface area (Å²) in [4.78, 5) is 63.8. The molecule has 0 aliphatic carbocycles. The van der Waals surface area contributed by atoms with Crippen LogP contribution in [0, 0.1) is 32.1 Å². The predicted molar refractivity (Wildman–Crippen MR) is 216 cm³/mol. The third-order valence-electron chi connectivity index (χ3n) is 10.2. The largest absolute Gasteiger partial charge is 0.452 e. The molecule has 13 heteroatoms. The van der Waals surface area contributed by atoms with Crippen molar-refractivity contribution in [3.8, 4) is 0 Å². The number of urea groups is 2. The predicted octanol–water partition coefficient (Wildman–Crippen LogP) is 5.99. The maximum atomic E-state index is 14.5. The van der Waals surface area contributed by atoms with Crippen molar-refractivity contribution >= 4 is 24.1 Å². The van der Waals surface area contributed by atoms with E-state index in [0.717, 1.165) is 38.5 Å². The molecular formula is C43H61N7O6. The van der Waals surface area contributed by atoms with Crippen LogP contribution in [0.2, 0.25) is 0 Å². The van der Waals surface area contributed by atoms with Crippen LogP contribution >= 0.6 is 0 Å². The minimum atomic E-state index is -1.20. The molecule has 4 unspecified atom stereocenters. The van der Waals surface area contributed by atoms with Crippen molar-refractivity contribution in [2.24, 2.45) is 11.3 Å². The minimum Gasteiger partial charge on any atom is -0.452 e. The Bertz CT molecular complexity index is 1800. The molecule has 0 radical (unpaired) electrons. The van der Waals surface area contributed by atoms with Crippen molar-refractivity contribution in [2.45, 2.75) is 99.5 Å². The average molecular weight is 772 g/mol. The van der Waals surface area contributed by atoms with Gasteiger partial charge in [0.05, 0.1) is 31.5 Å². The monoisotopic (exact) mass is 771 g/mol. The number of methoxy groups -OCH3 is 1. The normalized spacial score (nSPS) is 15.3. The van der Waals surface area contributed by atoms with E-state index < -0.39 is 35.7 Å². The number of rotatable bonds is 16. The zero-order valence-electron chi connectivity index (χ0n) is 34.5. The fraction of sp³-hybridized carbons (Fsp3) is 0.512. The van der Waals surface area contributed by atoms with Crippen molar-refractivity contribution in [3.05, 3.63) is 100 Å². The Kier molecular flexibility index (Phi) is 15.4. The number of amides is 6. The van der Waals surface area contributed by atoms with E-state index in [-0.39, 0.29) is 43.9 Å². The number of hydrazine groups is 1. The molecule has 304 valence electrons. The van der Waals surface area contributed by atoms with E-state index in [0.29, 0.717) is 26.1 Å². The van der Waals surface area contributed by atoms with Gasteiger partial charge in [0.2, 0.25) is 5.91 Å².